The van der Waals surface area contributed by atoms with Crippen molar-refractivity contribution in [1.29, 1.82) is 0 Å². The van der Waals surface area contributed by atoms with Gasteiger partial charge in [0.15, 0.2) is 0 Å². The minimum Gasteiger partial charge on any atom is -0.349 e. The summed E-state index contributed by atoms with van der Waals surface area (Å²) < 4.78 is 1.86. The summed E-state index contributed by atoms with van der Waals surface area (Å²) in [6.45, 7) is 1.93. The van der Waals surface area contributed by atoms with Gasteiger partial charge in [0.25, 0.3) is 11.8 Å². The summed E-state index contributed by atoms with van der Waals surface area (Å²) in [5, 5.41) is 11.7. The molecule has 0 spiro atoms. The highest BCUT2D eigenvalue weighted by Gasteiger charge is 2.25. The molecule has 4 aromatic rings. The molecule has 0 radical (unpaired) electrons. The lowest BCUT2D eigenvalue weighted by Crippen LogP contribution is -2.25. The maximum atomic E-state index is 12.9. The first-order chi connectivity index (χ1) is 15.0. The molecule has 1 fully saturated rings. The van der Waals surface area contributed by atoms with E-state index in [0.29, 0.717) is 21.2 Å². The number of carbonyl (C=O) groups excluding carboxylic acids is 2. The van der Waals surface area contributed by atoms with Crippen LogP contribution in [0.15, 0.2) is 54.6 Å². The van der Waals surface area contributed by atoms with Crippen molar-refractivity contribution in [2.24, 2.45) is 0 Å². The first-order valence-corrected chi connectivity index (χ1v) is 11.2. The van der Waals surface area contributed by atoms with E-state index < -0.39 is 0 Å². The number of aromatic nitrogens is 2. The minimum absolute atomic E-state index is 0.184. The molecule has 0 atom stereocenters. The molecule has 5 rings (SSSR count). The van der Waals surface area contributed by atoms with Gasteiger partial charge in [-0.3, -0.25) is 9.59 Å². The highest BCUT2D eigenvalue weighted by Crippen LogP contribution is 2.31. The lowest BCUT2D eigenvalue weighted by Gasteiger charge is -2.08. The van der Waals surface area contributed by atoms with Gasteiger partial charge in [0.1, 0.15) is 4.83 Å². The SMILES string of the molecule is Cc1nn(-c2ccccc2)c2sc(C(=O)Nc3ccc(C(=O)NC4CC4)c(Cl)c3)cc12. The second kappa shape index (κ2) is 7.83. The standard InChI is InChI=1S/C23H19ClN4O2S/c1-13-18-12-20(31-23(18)28(27-13)16-5-3-2-4-6-16)22(30)26-15-9-10-17(19(24)11-15)21(29)25-14-7-8-14/h2-6,9-12,14H,7-8H2,1H3,(H,25,29)(H,26,30). The highest BCUT2D eigenvalue weighted by molar-refractivity contribution is 7.20. The number of para-hydroxylation sites is 1. The number of fused-ring (bicyclic) bond motifs is 1. The van der Waals surface area contributed by atoms with Crippen LogP contribution in [-0.2, 0) is 0 Å². The fourth-order valence-electron chi connectivity index (χ4n) is 3.36. The van der Waals surface area contributed by atoms with Crippen molar-refractivity contribution in [1.82, 2.24) is 15.1 Å². The maximum absolute atomic E-state index is 12.9. The minimum atomic E-state index is -0.230. The number of nitrogens with one attached hydrogen (secondary N) is 2. The van der Waals surface area contributed by atoms with Crippen molar-refractivity contribution in [3.05, 3.63) is 75.8 Å². The number of benzene rings is 2. The van der Waals surface area contributed by atoms with Crippen LogP contribution in [0.25, 0.3) is 15.9 Å². The predicted molar refractivity (Wildman–Crippen MR) is 124 cm³/mol. The summed E-state index contributed by atoms with van der Waals surface area (Å²) >= 11 is 7.68. The van der Waals surface area contributed by atoms with E-state index in [9.17, 15) is 9.59 Å². The number of nitrogens with zero attached hydrogens (tertiary/aromatic N) is 2. The van der Waals surface area contributed by atoms with E-state index in [-0.39, 0.29) is 17.9 Å². The number of thiophene rings is 1. The number of halogens is 1. The molecule has 0 aliphatic heterocycles. The molecule has 0 saturated heterocycles. The molecule has 2 N–H and O–H groups in total. The lowest BCUT2D eigenvalue weighted by molar-refractivity contribution is 0.0950. The van der Waals surface area contributed by atoms with E-state index in [1.54, 1.807) is 18.2 Å². The van der Waals surface area contributed by atoms with Crippen LogP contribution >= 0.6 is 22.9 Å². The van der Waals surface area contributed by atoms with Crippen molar-refractivity contribution >= 4 is 50.7 Å². The molecule has 6 nitrogen and oxygen atoms in total. The first-order valence-electron chi connectivity index (χ1n) is 9.96. The Morgan fingerprint density at radius 2 is 1.87 bits per heavy atom. The van der Waals surface area contributed by atoms with E-state index in [0.717, 1.165) is 34.4 Å². The smallest absolute Gasteiger partial charge is 0.265 e. The largest absolute Gasteiger partial charge is 0.349 e. The number of anilines is 1. The van der Waals surface area contributed by atoms with E-state index in [1.807, 2.05) is 48.0 Å². The topological polar surface area (TPSA) is 76.0 Å². The second-order valence-corrected chi connectivity index (χ2v) is 9.00. The third-order valence-corrected chi connectivity index (χ3v) is 6.58. The zero-order valence-electron chi connectivity index (χ0n) is 16.7. The van der Waals surface area contributed by atoms with Crippen LogP contribution in [0.4, 0.5) is 5.69 Å². The van der Waals surface area contributed by atoms with E-state index in [1.165, 1.54) is 11.3 Å². The monoisotopic (exact) mass is 450 g/mol. The third kappa shape index (κ3) is 3.94. The summed E-state index contributed by atoms with van der Waals surface area (Å²) in [4.78, 5) is 26.6. The quantitative estimate of drug-likeness (QED) is 0.439. The number of amides is 2. The van der Waals surface area contributed by atoms with Crippen molar-refractivity contribution in [2.45, 2.75) is 25.8 Å². The van der Waals surface area contributed by atoms with Crippen LogP contribution in [0.1, 0.15) is 38.6 Å². The van der Waals surface area contributed by atoms with Crippen LogP contribution in [0.3, 0.4) is 0 Å². The summed E-state index contributed by atoms with van der Waals surface area (Å²) in [7, 11) is 0. The van der Waals surface area contributed by atoms with Gasteiger partial charge in [-0.15, -0.1) is 11.3 Å². The van der Waals surface area contributed by atoms with Crippen LogP contribution in [0, 0.1) is 6.92 Å². The highest BCUT2D eigenvalue weighted by atomic mass is 35.5. The number of rotatable bonds is 5. The summed E-state index contributed by atoms with van der Waals surface area (Å²) in [5.74, 6) is -0.415. The third-order valence-electron chi connectivity index (χ3n) is 5.15. The Labute approximate surface area is 187 Å². The molecule has 31 heavy (non-hydrogen) atoms. The number of carbonyl (C=O) groups is 2. The van der Waals surface area contributed by atoms with Crippen molar-refractivity contribution in [3.63, 3.8) is 0 Å². The summed E-state index contributed by atoms with van der Waals surface area (Å²) in [5.41, 5.74) is 2.76. The Morgan fingerprint density at radius 1 is 1.10 bits per heavy atom. The Hall–Kier alpha value is -3.16. The molecule has 2 aromatic heterocycles. The Morgan fingerprint density at radius 3 is 2.58 bits per heavy atom. The zero-order chi connectivity index (χ0) is 21.5. The molecule has 8 heteroatoms. The molecule has 156 valence electrons. The van der Waals surface area contributed by atoms with Crippen LogP contribution in [0.2, 0.25) is 5.02 Å². The van der Waals surface area contributed by atoms with Gasteiger partial charge in [-0.25, -0.2) is 4.68 Å². The van der Waals surface area contributed by atoms with Crippen molar-refractivity contribution in [2.75, 3.05) is 5.32 Å². The fourth-order valence-corrected chi connectivity index (χ4v) is 4.71. The van der Waals surface area contributed by atoms with Gasteiger partial charge in [0.05, 0.1) is 26.8 Å². The van der Waals surface area contributed by atoms with Gasteiger partial charge in [-0.05, 0) is 56.2 Å². The summed E-state index contributed by atoms with van der Waals surface area (Å²) in [6, 6.07) is 16.9. The predicted octanol–water partition coefficient (Wildman–Crippen LogP) is 5.19. The number of aryl methyl sites for hydroxylation is 1. The van der Waals surface area contributed by atoms with Crippen LogP contribution < -0.4 is 10.6 Å². The second-order valence-electron chi connectivity index (χ2n) is 7.56. The Balaban J connectivity index is 1.38. The molecule has 1 saturated carbocycles. The normalized spacial score (nSPS) is 13.4. The van der Waals surface area contributed by atoms with Crippen molar-refractivity contribution in [3.8, 4) is 5.69 Å². The van der Waals surface area contributed by atoms with Gasteiger partial charge in [0, 0.05) is 17.1 Å². The van der Waals surface area contributed by atoms with Gasteiger partial charge in [0.2, 0.25) is 0 Å². The Bertz CT molecular complexity index is 1310. The van der Waals surface area contributed by atoms with Crippen LogP contribution in [-0.4, -0.2) is 27.6 Å². The maximum Gasteiger partial charge on any atom is 0.265 e. The molecule has 2 heterocycles. The van der Waals surface area contributed by atoms with E-state index >= 15 is 0 Å². The summed E-state index contributed by atoms with van der Waals surface area (Å²) in [6.07, 6.45) is 2.02. The van der Waals surface area contributed by atoms with E-state index in [2.05, 4.69) is 15.7 Å². The van der Waals surface area contributed by atoms with Gasteiger partial charge in [-0.1, -0.05) is 29.8 Å². The zero-order valence-corrected chi connectivity index (χ0v) is 18.3. The Kier molecular flexibility index (Phi) is 5.00. The van der Waals surface area contributed by atoms with Gasteiger partial charge in [-0.2, -0.15) is 5.10 Å². The molecular formula is C23H19ClN4O2S. The molecule has 1 aliphatic carbocycles. The molecule has 2 aromatic carbocycles. The molecule has 1 aliphatic rings. The lowest BCUT2D eigenvalue weighted by atomic mass is 10.2. The average molecular weight is 451 g/mol. The molecule has 2 amide bonds. The molecular weight excluding hydrogens is 432 g/mol. The number of hydrogen-bond acceptors (Lipinski definition) is 4. The van der Waals surface area contributed by atoms with Crippen LogP contribution in [0.5, 0.6) is 0 Å². The first kappa shape index (κ1) is 19.8. The molecule has 0 unspecified atom stereocenters. The fraction of sp³-hybridized carbons (Fsp3) is 0.174. The van der Waals surface area contributed by atoms with Gasteiger partial charge >= 0.3 is 0 Å². The van der Waals surface area contributed by atoms with Crippen molar-refractivity contribution < 1.29 is 9.59 Å². The van der Waals surface area contributed by atoms with E-state index in [4.69, 9.17) is 11.6 Å². The average Bonchev–Trinajstić information content (AvgIpc) is 3.36. The number of hydrogen-bond donors (Lipinski definition) is 2. The molecule has 0 bridgehead atoms. The van der Waals surface area contributed by atoms with Gasteiger partial charge < -0.3 is 10.6 Å².